The summed E-state index contributed by atoms with van der Waals surface area (Å²) in [5, 5.41) is 13.7. The molecule has 33 heavy (non-hydrogen) atoms. The number of allylic oxidation sites excluding steroid dienone is 6. The van der Waals surface area contributed by atoms with Gasteiger partial charge in [0.2, 0.25) is 5.91 Å². The first kappa shape index (κ1) is 29.6. The fraction of sp³-hybridized carbons (Fsp3) is 0.750. The highest BCUT2D eigenvalue weighted by Gasteiger charge is 2.12. The minimum Gasteiger partial charge on any atom is -0.356 e. The molecule has 1 heterocycles. The zero-order valence-corrected chi connectivity index (χ0v) is 21.4. The van der Waals surface area contributed by atoms with E-state index >= 15 is 0 Å². The standard InChI is InChI=1S/C28H52N4O/c1-2-3-4-5-6-7-8-9-10-11-12-13-14-19-27-26-28(33)32-25-18-23-30-21-16-15-20-29-22-17-24-31-27/h6-7,9-10,12-13,27,29-31H,2-5,8,11,14-26H2,1H3,(H,32,33)/b7-6-,10-9-,13-12-/t27-/m0/s1. The summed E-state index contributed by atoms with van der Waals surface area (Å²) >= 11 is 0. The molecule has 0 aromatic carbocycles. The third-order valence-electron chi connectivity index (χ3n) is 5.91. The van der Waals surface area contributed by atoms with Gasteiger partial charge in [0.1, 0.15) is 0 Å². The average Bonchev–Trinajstić information content (AvgIpc) is 2.81. The fourth-order valence-electron chi connectivity index (χ4n) is 3.87. The second kappa shape index (κ2) is 23.7. The summed E-state index contributed by atoms with van der Waals surface area (Å²) in [6.07, 6.45) is 27.9. The van der Waals surface area contributed by atoms with Crippen molar-refractivity contribution in [3.8, 4) is 0 Å². The van der Waals surface area contributed by atoms with Crippen LogP contribution in [-0.4, -0.2) is 51.2 Å². The highest BCUT2D eigenvalue weighted by molar-refractivity contribution is 5.76. The Labute approximate surface area is 204 Å². The summed E-state index contributed by atoms with van der Waals surface area (Å²) in [6, 6.07) is 0.247. The predicted molar refractivity (Wildman–Crippen MR) is 144 cm³/mol. The number of carbonyl (C=O) groups excluding carboxylic acids is 1. The lowest BCUT2D eigenvalue weighted by molar-refractivity contribution is -0.121. The molecule has 1 amide bonds. The Morgan fingerprint density at radius 3 is 2.03 bits per heavy atom. The molecule has 1 rings (SSSR count). The van der Waals surface area contributed by atoms with Crippen LogP contribution in [0.5, 0.6) is 0 Å². The van der Waals surface area contributed by atoms with Crippen LogP contribution in [0.25, 0.3) is 0 Å². The van der Waals surface area contributed by atoms with Crippen molar-refractivity contribution < 1.29 is 4.79 Å². The topological polar surface area (TPSA) is 65.2 Å². The van der Waals surface area contributed by atoms with Crippen LogP contribution in [-0.2, 0) is 4.79 Å². The Morgan fingerprint density at radius 1 is 0.727 bits per heavy atom. The summed E-state index contributed by atoms with van der Waals surface area (Å²) in [7, 11) is 0. The first-order valence-electron chi connectivity index (χ1n) is 13.7. The Balaban J connectivity index is 2.26. The van der Waals surface area contributed by atoms with Gasteiger partial charge in [-0.3, -0.25) is 4.79 Å². The van der Waals surface area contributed by atoms with E-state index in [1.165, 1.54) is 38.5 Å². The van der Waals surface area contributed by atoms with Gasteiger partial charge in [-0.1, -0.05) is 56.2 Å². The molecule has 0 unspecified atom stereocenters. The largest absolute Gasteiger partial charge is 0.356 e. The molecule has 0 saturated carbocycles. The zero-order valence-electron chi connectivity index (χ0n) is 21.4. The summed E-state index contributed by atoms with van der Waals surface area (Å²) < 4.78 is 0. The monoisotopic (exact) mass is 460 g/mol. The van der Waals surface area contributed by atoms with E-state index in [-0.39, 0.29) is 11.9 Å². The molecule has 1 aliphatic heterocycles. The molecule has 0 aliphatic carbocycles. The first-order chi connectivity index (χ1) is 16.3. The second-order valence-corrected chi connectivity index (χ2v) is 9.08. The molecular weight excluding hydrogens is 408 g/mol. The zero-order chi connectivity index (χ0) is 23.7. The van der Waals surface area contributed by atoms with E-state index in [1.807, 2.05) is 0 Å². The van der Waals surface area contributed by atoms with E-state index in [9.17, 15) is 4.79 Å². The van der Waals surface area contributed by atoms with Crippen molar-refractivity contribution in [1.29, 1.82) is 0 Å². The molecule has 0 spiro atoms. The van der Waals surface area contributed by atoms with Gasteiger partial charge in [-0.2, -0.15) is 0 Å². The molecule has 1 fully saturated rings. The maximum Gasteiger partial charge on any atom is 0.221 e. The van der Waals surface area contributed by atoms with Crippen molar-refractivity contribution in [2.24, 2.45) is 0 Å². The molecule has 1 saturated heterocycles. The highest BCUT2D eigenvalue weighted by Crippen LogP contribution is 2.05. The second-order valence-electron chi connectivity index (χ2n) is 9.08. The third-order valence-corrected chi connectivity index (χ3v) is 5.91. The minimum absolute atomic E-state index is 0.171. The Kier molecular flexibility index (Phi) is 21.3. The van der Waals surface area contributed by atoms with Crippen LogP contribution in [0.4, 0.5) is 0 Å². The van der Waals surface area contributed by atoms with Gasteiger partial charge in [-0.25, -0.2) is 0 Å². The van der Waals surface area contributed by atoms with Gasteiger partial charge < -0.3 is 21.3 Å². The average molecular weight is 461 g/mol. The molecule has 0 aromatic heterocycles. The number of hydrogen-bond acceptors (Lipinski definition) is 4. The predicted octanol–water partition coefficient (Wildman–Crippen LogP) is 5.01. The normalized spacial score (nSPS) is 21.0. The number of rotatable bonds is 11. The van der Waals surface area contributed by atoms with Crippen LogP contribution < -0.4 is 21.3 Å². The lowest BCUT2D eigenvalue weighted by Gasteiger charge is -2.18. The summed E-state index contributed by atoms with van der Waals surface area (Å²) in [4.78, 5) is 12.4. The molecule has 190 valence electrons. The molecule has 5 nitrogen and oxygen atoms in total. The lowest BCUT2D eigenvalue weighted by Crippen LogP contribution is -2.37. The van der Waals surface area contributed by atoms with Crippen LogP contribution in [0.3, 0.4) is 0 Å². The number of hydrogen-bond donors (Lipinski definition) is 4. The number of unbranched alkanes of at least 4 members (excludes halogenated alkanes) is 3. The van der Waals surface area contributed by atoms with Crippen molar-refractivity contribution in [2.45, 2.75) is 96.4 Å². The molecule has 5 heteroatoms. The smallest absolute Gasteiger partial charge is 0.221 e. The summed E-state index contributed by atoms with van der Waals surface area (Å²) in [5.74, 6) is 0.171. The Hall–Kier alpha value is -1.43. The Bertz CT molecular complexity index is 530. The van der Waals surface area contributed by atoms with E-state index < -0.39 is 0 Å². The van der Waals surface area contributed by atoms with E-state index in [1.54, 1.807) is 0 Å². The Morgan fingerprint density at radius 2 is 1.33 bits per heavy atom. The fourth-order valence-corrected chi connectivity index (χ4v) is 3.87. The van der Waals surface area contributed by atoms with E-state index in [2.05, 4.69) is 64.6 Å². The highest BCUT2D eigenvalue weighted by atomic mass is 16.1. The van der Waals surface area contributed by atoms with Crippen LogP contribution >= 0.6 is 0 Å². The summed E-state index contributed by atoms with van der Waals surface area (Å²) in [6.45, 7) is 8.16. The van der Waals surface area contributed by atoms with Gasteiger partial charge in [0.25, 0.3) is 0 Å². The van der Waals surface area contributed by atoms with Gasteiger partial charge in [0, 0.05) is 19.0 Å². The molecule has 0 radical (unpaired) electrons. The van der Waals surface area contributed by atoms with Crippen molar-refractivity contribution in [3.63, 3.8) is 0 Å². The van der Waals surface area contributed by atoms with E-state index in [4.69, 9.17) is 0 Å². The maximum absolute atomic E-state index is 12.4. The van der Waals surface area contributed by atoms with Gasteiger partial charge in [0.05, 0.1) is 0 Å². The van der Waals surface area contributed by atoms with Crippen LogP contribution in [0.1, 0.15) is 90.4 Å². The van der Waals surface area contributed by atoms with Gasteiger partial charge in [0.15, 0.2) is 0 Å². The summed E-state index contributed by atoms with van der Waals surface area (Å²) in [5.41, 5.74) is 0. The van der Waals surface area contributed by atoms with Crippen molar-refractivity contribution in [3.05, 3.63) is 36.5 Å². The van der Waals surface area contributed by atoms with E-state index in [0.717, 1.165) is 77.8 Å². The van der Waals surface area contributed by atoms with Gasteiger partial charge >= 0.3 is 0 Å². The minimum atomic E-state index is 0.171. The maximum atomic E-state index is 12.4. The first-order valence-corrected chi connectivity index (χ1v) is 13.7. The van der Waals surface area contributed by atoms with Gasteiger partial charge in [-0.05, 0) is 96.9 Å². The molecule has 0 aromatic rings. The van der Waals surface area contributed by atoms with Crippen LogP contribution in [0.2, 0.25) is 0 Å². The van der Waals surface area contributed by atoms with Crippen molar-refractivity contribution in [2.75, 3.05) is 39.3 Å². The number of amides is 1. The van der Waals surface area contributed by atoms with Crippen LogP contribution in [0.15, 0.2) is 36.5 Å². The molecular formula is C28H52N4O. The van der Waals surface area contributed by atoms with Crippen LogP contribution in [0, 0.1) is 0 Å². The van der Waals surface area contributed by atoms with Crippen molar-refractivity contribution in [1.82, 2.24) is 21.3 Å². The molecule has 0 bridgehead atoms. The van der Waals surface area contributed by atoms with E-state index in [0.29, 0.717) is 6.42 Å². The van der Waals surface area contributed by atoms with Crippen molar-refractivity contribution >= 4 is 5.91 Å². The number of nitrogens with one attached hydrogen (secondary N) is 4. The lowest BCUT2D eigenvalue weighted by atomic mass is 10.1. The molecule has 1 aliphatic rings. The quantitative estimate of drug-likeness (QED) is 0.258. The third kappa shape index (κ3) is 20.9. The molecule has 4 N–H and O–H groups in total. The molecule has 1 atom stereocenters. The van der Waals surface area contributed by atoms with Gasteiger partial charge in [-0.15, -0.1) is 0 Å². The number of carbonyl (C=O) groups is 1. The SMILES string of the molecule is CCCCC/C=C\C/C=C\C/C=C\CC[C@H]1CC(=O)NCCCNCCCCNCCCN1.